The van der Waals surface area contributed by atoms with E-state index < -0.39 is 5.97 Å². The molecule has 0 heterocycles. The lowest BCUT2D eigenvalue weighted by Crippen LogP contribution is -2.08. The molecule has 0 saturated heterocycles. The number of carbonyl (C=O) groups is 1. The second-order valence-electron chi connectivity index (χ2n) is 2.54. The molecule has 76 valence electrons. The first-order chi connectivity index (χ1) is 6.61. The minimum atomic E-state index is -0.513. The molecule has 1 aromatic rings. The van der Waals surface area contributed by atoms with Gasteiger partial charge in [0.25, 0.3) is 0 Å². The Morgan fingerprint density at radius 3 is 2.57 bits per heavy atom. The average molecular weight is 260 g/mol. The van der Waals surface area contributed by atoms with Gasteiger partial charge < -0.3 is 15.2 Å². The molecular weight excluding hydrogens is 250 g/mol. The maximum atomic E-state index is 11.4. The molecule has 0 aliphatic heterocycles. The smallest absolute Gasteiger partial charge is 0.343 e. The summed E-state index contributed by atoms with van der Waals surface area (Å²) < 4.78 is 10.3. The molecule has 0 aliphatic rings. The van der Waals surface area contributed by atoms with Crippen molar-refractivity contribution in [3.63, 3.8) is 0 Å². The molecule has 0 atom stereocenters. The van der Waals surface area contributed by atoms with Gasteiger partial charge in [0.15, 0.2) is 0 Å². The van der Waals surface area contributed by atoms with Gasteiger partial charge in [0.2, 0.25) is 0 Å². The van der Waals surface area contributed by atoms with Crippen molar-refractivity contribution in [2.24, 2.45) is 0 Å². The third-order valence-corrected chi connectivity index (χ3v) is 2.36. The number of esters is 1. The van der Waals surface area contributed by atoms with Gasteiger partial charge in [-0.25, -0.2) is 4.79 Å². The van der Waals surface area contributed by atoms with E-state index in [9.17, 15) is 4.79 Å². The van der Waals surface area contributed by atoms with E-state index in [1.807, 2.05) is 0 Å². The Labute approximate surface area is 90.1 Å². The molecule has 0 bridgehead atoms. The van der Waals surface area contributed by atoms with Gasteiger partial charge in [-0.3, -0.25) is 0 Å². The fraction of sp³-hybridized carbons (Fsp3) is 0.222. The Hall–Kier alpha value is -1.23. The summed E-state index contributed by atoms with van der Waals surface area (Å²) in [5.41, 5.74) is 6.21. The molecule has 14 heavy (non-hydrogen) atoms. The van der Waals surface area contributed by atoms with Gasteiger partial charge in [-0.15, -0.1) is 0 Å². The Morgan fingerprint density at radius 2 is 2.07 bits per heavy atom. The predicted molar refractivity (Wildman–Crippen MR) is 56.4 cm³/mol. The van der Waals surface area contributed by atoms with E-state index in [0.717, 1.165) is 0 Å². The highest BCUT2D eigenvalue weighted by Crippen LogP contribution is 2.33. The van der Waals surface area contributed by atoms with Crippen LogP contribution in [0.2, 0.25) is 0 Å². The number of rotatable bonds is 2. The predicted octanol–water partition coefficient (Wildman–Crippen LogP) is 1.83. The zero-order valence-electron chi connectivity index (χ0n) is 7.83. The van der Waals surface area contributed by atoms with Crippen LogP contribution in [0.15, 0.2) is 16.6 Å². The van der Waals surface area contributed by atoms with Crippen LogP contribution in [-0.4, -0.2) is 20.2 Å². The zero-order valence-corrected chi connectivity index (χ0v) is 9.42. The highest BCUT2D eigenvalue weighted by atomic mass is 79.9. The van der Waals surface area contributed by atoms with E-state index in [4.69, 9.17) is 10.5 Å². The number of carbonyl (C=O) groups excluding carboxylic acids is 1. The minimum Gasteiger partial charge on any atom is -0.495 e. The molecular formula is C9H10BrNO3. The lowest BCUT2D eigenvalue weighted by atomic mass is 10.1. The molecule has 0 radical (unpaired) electrons. The van der Waals surface area contributed by atoms with Gasteiger partial charge in [-0.1, -0.05) is 0 Å². The van der Waals surface area contributed by atoms with Crippen LogP contribution in [0.1, 0.15) is 10.4 Å². The Kier molecular flexibility index (Phi) is 3.35. The summed E-state index contributed by atoms with van der Waals surface area (Å²) in [5.74, 6) is -0.127. The maximum absolute atomic E-state index is 11.4. The van der Waals surface area contributed by atoms with Gasteiger partial charge in [0.1, 0.15) is 11.3 Å². The van der Waals surface area contributed by atoms with Crippen LogP contribution in [0.4, 0.5) is 5.69 Å². The van der Waals surface area contributed by atoms with E-state index in [2.05, 4.69) is 20.7 Å². The molecule has 0 spiro atoms. The Bertz CT molecular complexity index is 365. The van der Waals surface area contributed by atoms with Crippen LogP contribution >= 0.6 is 15.9 Å². The van der Waals surface area contributed by atoms with Crippen molar-refractivity contribution in [2.45, 2.75) is 0 Å². The monoisotopic (exact) mass is 259 g/mol. The fourth-order valence-corrected chi connectivity index (χ4v) is 1.58. The standard InChI is InChI=1S/C9H10BrNO3/c1-13-8-5(10)3-4-6(11)7(8)9(12)14-2/h3-4H,11H2,1-2H3. The summed E-state index contributed by atoms with van der Waals surface area (Å²) in [7, 11) is 2.76. The highest BCUT2D eigenvalue weighted by molar-refractivity contribution is 9.10. The number of nitrogen functional groups attached to an aromatic ring is 1. The molecule has 0 saturated carbocycles. The van der Waals surface area contributed by atoms with Crippen LogP contribution in [0.3, 0.4) is 0 Å². The second-order valence-corrected chi connectivity index (χ2v) is 3.39. The number of ether oxygens (including phenoxy) is 2. The van der Waals surface area contributed by atoms with Crippen molar-refractivity contribution in [2.75, 3.05) is 20.0 Å². The number of hydrogen-bond acceptors (Lipinski definition) is 4. The molecule has 0 unspecified atom stereocenters. The number of benzene rings is 1. The molecule has 1 aromatic carbocycles. The largest absolute Gasteiger partial charge is 0.495 e. The normalized spacial score (nSPS) is 9.64. The first-order valence-corrected chi connectivity index (χ1v) is 4.61. The summed E-state index contributed by atoms with van der Waals surface area (Å²) in [6.45, 7) is 0. The highest BCUT2D eigenvalue weighted by Gasteiger charge is 2.18. The average Bonchev–Trinajstić information content (AvgIpc) is 2.19. The first-order valence-electron chi connectivity index (χ1n) is 3.82. The van der Waals surface area contributed by atoms with Gasteiger partial charge in [0, 0.05) is 5.69 Å². The molecule has 0 aliphatic carbocycles. The van der Waals surface area contributed by atoms with E-state index in [1.165, 1.54) is 14.2 Å². The third kappa shape index (κ3) is 1.82. The molecule has 0 aromatic heterocycles. The number of anilines is 1. The third-order valence-electron chi connectivity index (χ3n) is 1.74. The lowest BCUT2D eigenvalue weighted by Gasteiger charge is -2.10. The van der Waals surface area contributed by atoms with E-state index in [0.29, 0.717) is 15.9 Å². The molecule has 5 heteroatoms. The van der Waals surface area contributed by atoms with Crippen LogP contribution in [-0.2, 0) is 4.74 Å². The minimum absolute atomic E-state index is 0.240. The number of halogens is 1. The SMILES string of the molecule is COC(=O)c1c(N)ccc(Br)c1OC. The van der Waals surface area contributed by atoms with Crippen LogP contribution in [0.5, 0.6) is 5.75 Å². The molecule has 0 amide bonds. The summed E-state index contributed by atoms with van der Waals surface area (Å²) in [4.78, 5) is 11.4. The number of nitrogens with two attached hydrogens (primary N) is 1. The zero-order chi connectivity index (χ0) is 10.7. The van der Waals surface area contributed by atoms with Crippen LogP contribution in [0, 0.1) is 0 Å². The summed E-state index contributed by atoms with van der Waals surface area (Å²) in [6, 6.07) is 3.32. The number of hydrogen-bond donors (Lipinski definition) is 1. The molecule has 2 N–H and O–H groups in total. The summed E-state index contributed by atoms with van der Waals surface area (Å²) in [6.07, 6.45) is 0. The molecule has 0 fully saturated rings. The van der Waals surface area contributed by atoms with Crippen molar-refractivity contribution in [1.82, 2.24) is 0 Å². The van der Waals surface area contributed by atoms with Crippen LogP contribution < -0.4 is 10.5 Å². The van der Waals surface area contributed by atoms with Crippen molar-refractivity contribution in [3.8, 4) is 5.75 Å². The van der Waals surface area contributed by atoms with Crippen molar-refractivity contribution < 1.29 is 14.3 Å². The van der Waals surface area contributed by atoms with Gasteiger partial charge in [-0.05, 0) is 28.1 Å². The quantitative estimate of drug-likeness (QED) is 0.650. The van der Waals surface area contributed by atoms with Gasteiger partial charge >= 0.3 is 5.97 Å². The second kappa shape index (κ2) is 4.32. The van der Waals surface area contributed by atoms with E-state index in [1.54, 1.807) is 12.1 Å². The van der Waals surface area contributed by atoms with E-state index >= 15 is 0 Å². The topological polar surface area (TPSA) is 61.5 Å². The number of methoxy groups -OCH3 is 2. The van der Waals surface area contributed by atoms with Crippen molar-refractivity contribution in [3.05, 3.63) is 22.2 Å². The van der Waals surface area contributed by atoms with Crippen molar-refractivity contribution >= 4 is 27.6 Å². The fourth-order valence-electron chi connectivity index (χ4n) is 1.08. The first kappa shape index (κ1) is 10.8. The van der Waals surface area contributed by atoms with Crippen molar-refractivity contribution in [1.29, 1.82) is 0 Å². The van der Waals surface area contributed by atoms with E-state index in [-0.39, 0.29) is 5.56 Å². The molecule has 1 rings (SSSR count). The van der Waals surface area contributed by atoms with Crippen LogP contribution in [0.25, 0.3) is 0 Å². The van der Waals surface area contributed by atoms with Gasteiger partial charge in [-0.2, -0.15) is 0 Å². The summed E-state index contributed by atoms with van der Waals surface area (Å²) in [5, 5.41) is 0. The Balaban J connectivity index is 3.37. The maximum Gasteiger partial charge on any atom is 0.343 e. The summed E-state index contributed by atoms with van der Waals surface area (Å²) >= 11 is 3.25. The van der Waals surface area contributed by atoms with Gasteiger partial charge in [0.05, 0.1) is 18.7 Å². The Morgan fingerprint density at radius 1 is 1.43 bits per heavy atom. The molecule has 4 nitrogen and oxygen atoms in total. The lowest BCUT2D eigenvalue weighted by molar-refractivity contribution is 0.0598.